The summed E-state index contributed by atoms with van der Waals surface area (Å²) in [5.41, 5.74) is 1.18. The molecule has 3 aromatic rings. The quantitative estimate of drug-likeness (QED) is 0.641. The second kappa shape index (κ2) is 6.27. The number of nitrogens with zero attached hydrogens (tertiary/aromatic N) is 2. The molecule has 1 aliphatic rings. The number of aromatic nitrogens is 2. The molecule has 27 heavy (non-hydrogen) atoms. The fraction of sp³-hybridized carbons (Fsp3) is 0.176. The van der Waals surface area contributed by atoms with Crippen LogP contribution in [-0.4, -0.2) is 22.9 Å². The van der Waals surface area contributed by atoms with Gasteiger partial charge < -0.3 is 4.52 Å². The van der Waals surface area contributed by atoms with Crippen LogP contribution in [0.1, 0.15) is 23.3 Å². The molecule has 1 heterocycles. The SMILES string of the molecule is NS(=O)(=O)c1ccc([C@H]2[C@H](c3nc(-c4cccc(F)c4)no3)C2(Cl)Cl)cc1. The van der Waals surface area contributed by atoms with Crippen LogP contribution in [-0.2, 0) is 10.0 Å². The van der Waals surface area contributed by atoms with Crippen LogP contribution in [0, 0.1) is 5.82 Å². The first-order valence-corrected chi connectivity index (χ1v) is 10.1. The summed E-state index contributed by atoms with van der Waals surface area (Å²) in [6.45, 7) is 0. The highest BCUT2D eigenvalue weighted by Gasteiger charge is 2.67. The molecule has 1 saturated carbocycles. The van der Waals surface area contributed by atoms with Gasteiger partial charge in [-0.05, 0) is 29.8 Å². The third kappa shape index (κ3) is 3.34. The molecule has 0 aliphatic heterocycles. The summed E-state index contributed by atoms with van der Waals surface area (Å²) >= 11 is 12.8. The van der Waals surface area contributed by atoms with Crippen LogP contribution in [0.3, 0.4) is 0 Å². The number of hydrogen-bond acceptors (Lipinski definition) is 5. The molecule has 2 aromatic carbocycles. The Morgan fingerprint density at radius 2 is 1.81 bits per heavy atom. The number of nitrogens with two attached hydrogens (primary N) is 1. The van der Waals surface area contributed by atoms with Crippen molar-refractivity contribution in [2.24, 2.45) is 5.14 Å². The number of halogens is 3. The maximum absolute atomic E-state index is 13.4. The molecule has 0 unspecified atom stereocenters. The standard InChI is InChI=1S/C17H12Cl2FN3O3S/c18-17(19)13(9-4-6-12(7-5-9)27(21,24)25)14(17)16-22-15(23-26-16)10-2-1-3-11(20)8-10/h1-8,13-14H,(H2,21,24,25)/t13-,14+/m0/s1. The maximum atomic E-state index is 13.4. The van der Waals surface area contributed by atoms with Crippen LogP contribution in [0.2, 0.25) is 0 Å². The summed E-state index contributed by atoms with van der Waals surface area (Å²) in [6, 6.07) is 11.8. The number of alkyl halides is 2. The van der Waals surface area contributed by atoms with Gasteiger partial charge in [0.15, 0.2) is 0 Å². The Morgan fingerprint density at radius 3 is 2.44 bits per heavy atom. The summed E-state index contributed by atoms with van der Waals surface area (Å²) in [6.07, 6.45) is 0. The number of benzene rings is 2. The molecule has 140 valence electrons. The van der Waals surface area contributed by atoms with Crippen molar-refractivity contribution in [1.29, 1.82) is 0 Å². The Balaban J connectivity index is 1.62. The van der Waals surface area contributed by atoms with Gasteiger partial charge in [0.05, 0.1) is 10.8 Å². The Bertz CT molecular complexity index is 1120. The van der Waals surface area contributed by atoms with E-state index in [1.807, 2.05) is 0 Å². The molecule has 0 radical (unpaired) electrons. The number of hydrogen-bond donors (Lipinski definition) is 1. The number of sulfonamides is 1. The van der Waals surface area contributed by atoms with Gasteiger partial charge >= 0.3 is 0 Å². The average Bonchev–Trinajstić information content (AvgIpc) is 2.94. The van der Waals surface area contributed by atoms with Crippen molar-refractivity contribution in [1.82, 2.24) is 10.1 Å². The van der Waals surface area contributed by atoms with Gasteiger partial charge in [0, 0.05) is 11.5 Å². The van der Waals surface area contributed by atoms with Crippen molar-refractivity contribution < 1.29 is 17.3 Å². The van der Waals surface area contributed by atoms with E-state index in [0.717, 1.165) is 0 Å². The number of primary sulfonamides is 1. The van der Waals surface area contributed by atoms with Gasteiger partial charge in [0.25, 0.3) is 0 Å². The minimum Gasteiger partial charge on any atom is -0.339 e. The molecule has 6 nitrogen and oxygen atoms in total. The predicted molar refractivity (Wildman–Crippen MR) is 97.4 cm³/mol. The second-order valence-electron chi connectivity index (χ2n) is 6.21. The van der Waals surface area contributed by atoms with E-state index in [-0.39, 0.29) is 22.5 Å². The lowest BCUT2D eigenvalue weighted by atomic mass is 10.1. The van der Waals surface area contributed by atoms with Crippen molar-refractivity contribution in [3.05, 3.63) is 65.8 Å². The normalized spacial score (nSPS) is 21.2. The van der Waals surface area contributed by atoms with Gasteiger partial charge in [-0.15, -0.1) is 23.2 Å². The first kappa shape index (κ1) is 18.4. The molecule has 10 heteroatoms. The third-order valence-electron chi connectivity index (χ3n) is 4.41. The minimum absolute atomic E-state index is 0.00984. The highest BCUT2D eigenvalue weighted by atomic mass is 35.5. The first-order valence-electron chi connectivity index (χ1n) is 7.78. The minimum atomic E-state index is -3.79. The van der Waals surface area contributed by atoms with Crippen LogP contribution >= 0.6 is 23.2 Å². The Labute approximate surface area is 164 Å². The summed E-state index contributed by atoms with van der Waals surface area (Å²) in [4.78, 5) is 4.27. The molecule has 0 spiro atoms. The van der Waals surface area contributed by atoms with Gasteiger partial charge in [0.1, 0.15) is 10.2 Å². The Kier molecular flexibility index (Phi) is 4.27. The zero-order chi connectivity index (χ0) is 19.4. The van der Waals surface area contributed by atoms with Crippen molar-refractivity contribution >= 4 is 33.2 Å². The summed E-state index contributed by atoms with van der Waals surface area (Å²) in [7, 11) is -3.79. The lowest BCUT2D eigenvalue weighted by Crippen LogP contribution is -2.11. The lowest BCUT2D eigenvalue weighted by Gasteiger charge is -2.02. The zero-order valence-electron chi connectivity index (χ0n) is 13.5. The van der Waals surface area contributed by atoms with Crippen molar-refractivity contribution in [3.63, 3.8) is 0 Å². The molecule has 0 amide bonds. The Hall–Kier alpha value is -2.00. The molecular weight excluding hydrogens is 416 g/mol. The number of rotatable bonds is 4. The Morgan fingerprint density at radius 1 is 1.11 bits per heavy atom. The zero-order valence-corrected chi connectivity index (χ0v) is 15.8. The molecule has 0 bridgehead atoms. The molecule has 4 rings (SSSR count). The second-order valence-corrected chi connectivity index (χ2v) is 9.22. The van der Waals surface area contributed by atoms with E-state index in [4.69, 9.17) is 32.9 Å². The van der Waals surface area contributed by atoms with Gasteiger partial charge in [0.2, 0.25) is 21.7 Å². The fourth-order valence-electron chi connectivity index (χ4n) is 3.02. The van der Waals surface area contributed by atoms with Crippen LogP contribution < -0.4 is 5.14 Å². The molecule has 0 saturated heterocycles. The van der Waals surface area contributed by atoms with Crippen LogP contribution in [0.25, 0.3) is 11.4 Å². The van der Waals surface area contributed by atoms with Crippen molar-refractivity contribution in [3.8, 4) is 11.4 Å². The van der Waals surface area contributed by atoms with E-state index in [1.165, 1.54) is 24.3 Å². The largest absolute Gasteiger partial charge is 0.339 e. The molecule has 1 aliphatic carbocycles. The smallest absolute Gasteiger partial charge is 0.238 e. The van der Waals surface area contributed by atoms with Gasteiger partial charge in [-0.1, -0.05) is 29.4 Å². The predicted octanol–water partition coefficient (Wildman–Crippen LogP) is 3.58. The van der Waals surface area contributed by atoms with Crippen molar-refractivity contribution in [2.75, 3.05) is 0 Å². The molecular formula is C17H12Cl2FN3O3S. The average molecular weight is 428 g/mol. The van der Waals surface area contributed by atoms with Gasteiger partial charge in [-0.2, -0.15) is 4.98 Å². The molecule has 1 aromatic heterocycles. The summed E-state index contributed by atoms with van der Waals surface area (Å²) in [5, 5.41) is 8.96. The topological polar surface area (TPSA) is 99.1 Å². The highest BCUT2D eigenvalue weighted by Crippen LogP contribution is 2.69. The van der Waals surface area contributed by atoms with E-state index < -0.39 is 26.1 Å². The lowest BCUT2D eigenvalue weighted by molar-refractivity contribution is 0.378. The van der Waals surface area contributed by atoms with Crippen LogP contribution in [0.15, 0.2) is 57.9 Å². The molecule has 2 N–H and O–H groups in total. The fourth-order valence-corrected chi connectivity index (χ4v) is 4.35. The van der Waals surface area contributed by atoms with E-state index in [0.29, 0.717) is 11.1 Å². The van der Waals surface area contributed by atoms with Gasteiger partial charge in [-0.25, -0.2) is 17.9 Å². The van der Waals surface area contributed by atoms with Gasteiger partial charge in [-0.3, -0.25) is 0 Å². The van der Waals surface area contributed by atoms with Crippen molar-refractivity contribution in [2.45, 2.75) is 21.1 Å². The highest BCUT2D eigenvalue weighted by molar-refractivity contribution is 7.89. The maximum Gasteiger partial charge on any atom is 0.238 e. The monoisotopic (exact) mass is 427 g/mol. The van der Waals surface area contributed by atoms with Crippen LogP contribution in [0.5, 0.6) is 0 Å². The van der Waals surface area contributed by atoms with Crippen LogP contribution in [0.4, 0.5) is 4.39 Å². The van der Waals surface area contributed by atoms with E-state index in [2.05, 4.69) is 10.1 Å². The summed E-state index contributed by atoms with van der Waals surface area (Å²) < 4.78 is 40.2. The van der Waals surface area contributed by atoms with E-state index >= 15 is 0 Å². The molecule has 2 atom stereocenters. The van der Waals surface area contributed by atoms with E-state index in [9.17, 15) is 12.8 Å². The molecule has 1 fully saturated rings. The third-order valence-corrected chi connectivity index (χ3v) is 6.28. The summed E-state index contributed by atoms with van der Waals surface area (Å²) in [5.74, 6) is -0.807. The first-order chi connectivity index (χ1) is 12.7. The van der Waals surface area contributed by atoms with E-state index in [1.54, 1.807) is 24.3 Å².